The van der Waals surface area contributed by atoms with Crippen LogP contribution in [0.4, 0.5) is 13.2 Å². The molecule has 0 N–H and O–H groups in total. The fourth-order valence-electron chi connectivity index (χ4n) is 3.63. The summed E-state index contributed by atoms with van der Waals surface area (Å²) >= 11 is 0. The first-order valence-electron chi connectivity index (χ1n) is 9.49. The minimum absolute atomic E-state index is 0.0685. The van der Waals surface area contributed by atoms with Crippen LogP contribution in [0, 0.1) is 24.4 Å². The fourth-order valence-corrected chi connectivity index (χ4v) is 5.11. The maximum atomic E-state index is 14.0. The van der Waals surface area contributed by atoms with E-state index in [-0.39, 0.29) is 32.1 Å². The number of hydrogen-bond acceptors (Lipinski definition) is 4. The molecule has 1 aliphatic rings. The lowest BCUT2D eigenvalue weighted by atomic mass is 10.1. The number of pyridine rings is 1. The average molecular weight is 449 g/mol. The number of nitrogens with zero attached hydrogens (tertiary/aromatic N) is 3. The van der Waals surface area contributed by atoms with E-state index in [1.165, 1.54) is 4.90 Å². The first kappa shape index (κ1) is 21.3. The molecule has 6 nitrogen and oxygen atoms in total. The Hall–Kier alpha value is -2.98. The van der Waals surface area contributed by atoms with Crippen molar-refractivity contribution in [3.63, 3.8) is 0 Å². The van der Waals surface area contributed by atoms with Crippen molar-refractivity contribution in [2.24, 2.45) is 0 Å². The summed E-state index contributed by atoms with van der Waals surface area (Å²) in [6.07, 6.45) is 0. The van der Waals surface area contributed by atoms with E-state index in [1.54, 1.807) is 31.2 Å². The van der Waals surface area contributed by atoms with Crippen molar-refractivity contribution in [2.45, 2.75) is 11.8 Å². The van der Waals surface area contributed by atoms with Gasteiger partial charge >= 0.3 is 0 Å². The van der Waals surface area contributed by atoms with Gasteiger partial charge in [-0.25, -0.2) is 21.6 Å². The second-order valence-corrected chi connectivity index (χ2v) is 9.10. The van der Waals surface area contributed by atoms with Gasteiger partial charge in [0.15, 0.2) is 17.5 Å². The molecule has 10 heteroatoms. The van der Waals surface area contributed by atoms with E-state index in [4.69, 9.17) is 0 Å². The van der Waals surface area contributed by atoms with Gasteiger partial charge in [-0.05, 0) is 31.2 Å². The Kier molecular flexibility index (Phi) is 5.44. The summed E-state index contributed by atoms with van der Waals surface area (Å²) in [5.74, 6) is -5.32. The molecule has 0 spiro atoms. The number of carbonyl (C=O) groups is 1. The Labute approximate surface area is 177 Å². The Morgan fingerprint density at radius 2 is 1.65 bits per heavy atom. The highest BCUT2D eigenvalue weighted by atomic mass is 32.2. The molecule has 2 heterocycles. The van der Waals surface area contributed by atoms with Gasteiger partial charge in [0.05, 0.1) is 11.1 Å². The van der Waals surface area contributed by atoms with E-state index in [2.05, 4.69) is 4.98 Å². The predicted octanol–water partition coefficient (Wildman–Crippen LogP) is 3.11. The minimum Gasteiger partial charge on any atom is -0.336 e. The van der Waals surface area contributed by atoms with Gasteiger partial charge in [0.2, 0.25) is 10.0 Å². The molecule has 0 saturated carbocycles. The number of piperazine rings is 1. The van der Waals surface area contributed by atoms with Crippen molar-refractivity contribution in [3.05, 3.63) is 71.2 Å². The minimum atomic E-state index is -4.38. The molecule has 3 aromatic rings. The van der Waals surface area contributed by atoms with E-state index in [9.17, 15) is 26.4 Å². The number of amides is 1. The Morgan fingerprint density at radius 3 is 2.35 bits per heavy atom. The number of sulfonamides is 1. The van der Waals surface area contributed by atoms with Crippen LogP contribution in [0.3, 0.4) is 0 Å². The molecule has 0 atom stereocenters. The summed E-state index contributed by atoms with van der Waals surface area (Å²) in [5, 5.41) is 0.692. The largest absolute Gasteiger partial charge is 0.336 e. The van der Waals surface area contributed by atoms with Crippen LogP contribution in [0.15, 0.2) is 47.4 Å². The Morgan fingerprint density at radius 1 is 0.968 bits per heavy atom. The second-order valence-electron chi connectivity index (χ2n) is 7.20. The topological polar surface area (TPSA) is 70.6 Å². The number of hydrogen-bond donors (Lipinski definition) is 0. The summed E-state index contributed by atoms with van der Waals surface area (Å²) in [6, 6.07) is 10.2. The monoisotopic (exact) mass is 449 g/mol. The zero-order valence-electron chi connectivity index (χ0n) is 16.5. The van der Waals surface area contributed by atoms with E-state index in [0.717, 1.165) is 4.31 Å². The van der Waals surface area contributed by atoms with Crippen LogP contribution in [0.5, 0.6) is 0 Å². The molecule has 31 heavy (non-hydrogen) atoms. The van der Waals surface area contributed by atoms with Gasteiger partial charge in [0.1, 0.15) is 4.90 Å². The van der Waals surface area contributed by atoms with Gasteiger partial charge in [-0.15, -0.1) is 0 Å². The molecule has 4 rings (SSSR count). The summed E-state index contributed by atoms with van der Waals surface area (Å²) < 4.78 is 67.1. The summed E-state index contributed by atoms with van der Waals surface area (Å²) in [5.41, 5.74) is 1.82. The van der Waals surface area contributed by atoms with E-state index in [0.29, 0.717) is 34.3 Å². The Balaban J connectivity index is 1.56. The van der Waals surface area contributed by atoms with Crippen LogP contribution in [-0.4, -0.2) is 54.7 Å². The lowest BCUT2D eigenvalue weighted by Crippen LogP contribution is -2.50. The third-order valence-corrected chi connectivity index (χ3v) is 7.13. The normalized spacial score (nSPS) is 15.4. The molecule has 0 radical (unpaired) electrons. The average Bonchev–Trinajstić information content (AvgIpc) is 2.76. The van der Waals surface area contributed by atoms with Crippen molar-refractivity contribution in [1.82, 2.24) is 14.2 Å². The number of halogens is 3. The highest BCUT2D eigenvalue weighted by Crippen LogP contribution is 2.25. The summed E-state index contributed by atoms with van der Waals surface area (Å²) in [6.45, 7) is 1.71. The van der Waals surface area contributed by atoms with E-state index in [1.807, 2.05) is 6.07 Å². The Bertz CT molecular complexity index is 1290. The predicted molar refractivity (Wildman–Crippen MR) is 107 cm³/mol. The van der Waals surface area contributed by atoms with E-state index < -0.39 is 32.4 Å². The smallest absolute Gasteiger partial charge is 0.254 e. The van der Waals surface area contributed by atoms with Crippen molar-refractivity contribution < 1.29 is 26.4 Å². The molecular formula is C21H18F3N3O3S. The molecule has 2 aromatic carbocycles. The molecule has 1 fully saturated rings. The van der Waals surface area contributed by atoms with Gasteiger partial charge in [-0.1, -0.05) is 18.2 Å². The molecular weight excluding hydrogens is 431 g/mol. The molecule has 1 aromatic heterocycles. The number of aryl methyl sites for hydroxylation is 1. The van der Waals surface area contributed by atoms with Crippen LogP contribution < -0.4 is 0 Å². The highest BCUT2D eigenvalue weighted by molar-refractivity contribution is 7.89. The SMILES string of the molecule is Cc1cc(C(=O)N2CCN(S(=O)(=O)c3ccc(F)c(F)c3F)CC2)c2ccccc2n1. The number of aromatic nitrogens is 1. The first-order valence-corrected chi connectivity index (χ1v) is 10.9. The van der Waals surface area contributed by atoms with Gasteiger partial charge < -0.3 is 4.90 Å². The molecule has 1 saturated heterocycles. The third-order valence-electron chi connectivity index (χ3n) is 5.22. The van der Waals surface area contributed by atoms with Crippen molar-refractivity contribution in [1.29, 1.82) is 0 Å². The molecule has 0 aliphatic carbocycles. The number of fused-ring (bicyclic) bond motifs is 1. The summed E-state index contributed by atoms with van der Waals surface area (Å²) in [4.78, 5) is 18.1. The maximum absolute atomic E-state index is 14.0. The van der Waals surface area contributed by atoms with E-state index >= 15 is 0 Å². The van der Waals surface area contributed by atoms with Crippen molar-refractivity contribution >= 4 is 26.8 Å². The molecule has 0 bridgehead atoms. The fraction of sp³-hybridized carbons (Fsp3) is 0.238. The van der Waals surface area contributed by atoms with Gasteiger partial charge in [-0.3, -0.25) is 9.78 Å². The second kappa shape index (κ2) is 7.93. The van der Waals surface area contributed by atoms with Crippen LogP contribution in [0.2, 0.25) is 0 Å². The van der Waals surface area contributed by atoms with Crippen LogP contribution >= 0.6 is 0 Å². The van der Waals surface area contributed by atoms with Crippen molar-refractivity contribution in [3.8, 4) is 0 Å². The van der Waals surface area contributed by atoms with Crippen LogP contribution in [0.1, 0.15) is 16.1 Å². The summed E-state index contributed by atoms with van der Waals surface area (Å²) in [7, 11) is -4.38. The molecule has 1 amide bonds. The molecule has 0 unspecified atom stereocenters. The van der Waals surface area contributed by atoms with Gasteiger partial charge in [0, 0.05) is 37.3 Å². The standard InChI is InChI=1S/C21H18F3N3O3S/c1-13-12-15(14-4-2-3-5-17(14)25-13)21(28)26-8-10-27(11-9-26)31(29,30)18-7-6-16(22)19(23)20(18)24/h2-7,12H,8-11H2,1H3. The molecule has 162 valence electrons. The first-order chi connectivity index (χ1) is 14.7. The lowest BCUT2D eigenvalue weighted by Gasteiger charge is -2.34. The number of para-hydroxylation sites is 1. The molecule has 1 aliphatic heterocycles. The number of benzene rings is 2. The third kappa shape index (κ3) is 3.77. The number of carbonyl (C=O) groups excluding carboxylic acids is 1. The van der Waals surface area contributed by atoms with Gasteiger partial charge in [0.25, 0.3) is 5.91 Å². The maximum Gasteiger partial charge on any atom is 0.254 e. The number of rotatable bonds is 3. The zero-order valence-corrected chi connectivity index (χ0v) is 17.3. The zero-order chi connectivity index (χ0) is 22.3. The van der Waals surface area contributed by atoms with Gasteiger partial charge in [-0.2, -0.15) is 4.31 Å². The lowest BCUT2D eigenvalue weighted by molar-refractivity contribution is 0.0699. The van der Waals surface area contributed by atoms with Crippen LogP contribution in [0.25, 0.3) is 10.9 Å². The van der Waals surface area contributed by atoms with Crippen molar-refractivity contribution in [2.75, 3.05) is 26.2 Å². The van der Waals surface area contributed by atoms with Crippen LogP contribution in [-0.2, 0) is 10.0 Å². The highest BCUT2D eigenvalue weighted by Gasteiger charge is 2.34. The quantitative estimate of drug-likeness (QED) is 0.577.